The molecule has 0 bridgehead atoms. The minimum absolute atomic E-state index is 0.214. The molecule has 3 rings (SSSR count). The van der Waals surface area contributed by atoms with Crippen LogP contribution < -0.4 is 15.8 Å². The van der Waals surface area contributed by atoms with Crippen molar-refractivity contribution in [3.05, 3.63) is 59.2 Å². The fraction of sp³-hybridized carbons (Fsp3) is 0.333. The van der Waals surface area contributed by atoms with Crippen molar-refractivity contribution in [1.29, 1.82) is 0 Å². The van der Waals surface area contributed by atoms with Crippen molar-refractivity contribution in [3.63, 3.8) is 0 Å². The van der Waals surface area contributed by atoms with Crippen LogP contribution in [-0.2, 0) is 6.54 Å². The van der Waals surface area contributed by atoms with Gasteiger partial charge in [-0.25, -0.2) is 4.79 Å². The summed E-state index contributed by atoms with van der Waals surface area (Å²) in [5.74, 6) is 0.114. The van der Waals surface area contributed by atoms with Gasteiger partial charge in [0, 0.05) is 50.0 Å². The number of hydrogen-bond acceptors (Lipinski definition) is 5. The van der Waals surface area contributed by atoms with E-state index in [0.717, 1.165) is 43.9 Å². The number of hydrogen-bond donors (Lipinski definition) is 2. The number of amides is 2. The average Bonchev–Trinajstić information content (AvgIpc) is 2.66. The standard InChI is InChI=1S/C21H26N4O3/c1-15-6-7-18(13-19(15)28-21(22)27)23-20(26)17-5-3-4-16(12-17)14-25-10-8-24(2)9-11-25/h3-7,12-13H,8-11,14H2,1-2H3,(H2,22,27)(H,23,26). The Labute approximate surface area is 165 Å². The largest absolute Gasteiger partial charge is 0.410 e. The summed E-state index contributed by atoms with van der Waals surface area (Å²) in [5.41, 5.74) is 8.07. The Morgan fingerprint density at radius 2 is 1.86 bits per heavy atom. The van der Waals surface area contributed by atoms with Crippen LogP contribution >= 0.6 is 0 Å². The maximum atomic E-state index is 12.7. The Bertz CT molecular complexity index is 860. The number of carbonyl (C=O) groups excluding carboxylic acids is 2. The third kappa shape index (κ3) is 5.31. The van der Waals surface area contributed by atoms with E-state index in [-0.39, 0.29) is 5.91 Å². The molecule has 0 unspecified atom stereocenters. The summed E-state index contributed by atoms with van der Waals surface area (Å²) in [6.07, 6.45) is -0.886. The molecule has 0 aromatic heterocycles. The molecule has 1 heterocycles. The minimum atomic E-state index is -0.886. The molecule has 0 spiro atoms. The number of primary amides is 1. The van der Waals surface area contributed by atoms with E-state index < -0.39 is 6.09 Å². The van der Waals surface area contributed by atoms with E-state index in [2.05, 4.69) is 22.2 Å². The highest BCUT2D eigenvalue weighted by molar-refractivity contribution is 6.04. The topological polar surface area (TPSA) is 87.9 Å². The van der Waals surface area contributed by atoms with Gasteiger partial charge in [-0.1, -0.05) is 18.2 Å². The molecule has 2 aromatic carbocycles. The molecular formula is C21H26N4O3. The maximum absolute atomic E-state index is 12.7. The van der Waals surface area contributed by atoms with Crippen molar-refractivity contribution < 1.29 is 14.3 Å². The molecule has 2 aromatic rings. The second kappa shape index (κ2) is 8.86. The zero-order valence-electron chi connectivity index (χ0n) is 16.3. The molecule has 7 nitrogen and oxygen atoms in total. The number of ether oxygens (including phenoxy) is 1. The highest BCUT2D eigenvalue weighted by Crippen LogP contribution is 2.23. The zero-order valence-corrected chi connectivity index (χ0v) is 16.3. The summed E-state index contributed by atoms with van der Waals surface area (Å²) in [4.78, 5) is 28.4. The van der Waals surface area contributed by atoms with Gasteiger partial charge in [-0.3, -0.25) is 9.69 Å². The van der Waals surface area contributed by atoms with E-state index in [1.807, 2.05) is 18.2 Å². The SMILES string of the molecule is Cc1ccc(NC(=O)c2cccc(CN3CCN(C)CC3)c2)cc1OC(N)=O. The van der Waals surface area contributed by atoms with Crippen molar-refractivity contribution >= 4 is 17.7 Å². The number of benzene rings is 2. The molecule has 7 heteroatoms. The van der Waals surface area contributed by atoms with Crippen molar-refractivity contribution in [3.8, 4) is 5.75 Å². The molecule has 0 saturated carbocycles. The lowest BCUT2D eigenvalue weighted by Crippen LogP contribution is -2.43. The van der Waals surface area contributed by atoms with Gasteiger partial charge in [0.1, 0.15) is 5.75 Å². The van der Waals surface area contributed by atoms with Gasteiger partial charge in [0.05, 0.1) is 0 Å². The van der Waals surface area contributed by atoms with Crippen LogP contribution in [0.5, 0.6) is 5.75 Å². The average molecular weight is 382 g/mol. The van der Waals surface area contributed by atoms with Crippen LogP contribution in [0, 0.1) is 6.92 Å². The normalized spacial score (nSPS) is 15.2. The van der Waals surface area contributed by atoms with Crippen molar-refractivity contribution in [2.45, 2.75) is 13.5 Å². The summed E-state index contributed by atoms with van der Waals surface area (Å²) >= 11 is 0. The fourth-order valence-corrected chi connectivity index (χ4v) is 3.17. The lowest BCUT2D eigenvalue weighted by molar-refractivity contribution is 0.102. The summed E-state index contributed by atoms with van der Waals surface area (Å²) in [5, 5.41) is 2.84. The Hall–Kier alpha value is -2.90. The molecule has 1 aliphatic heterocycles. The molecular weight excluding hydrogens is 356 g/mol. The Morgan fingerprint density at radius 3 is 2.57 bits per heavy atom. The van der Waals surface area contributed by atoms with Gasteiger partial charge in [0.15, 0.2) is 0 Å². The van der Waals surface area contributed by atoms with E-state index in [9.17, 15) is 9.59 Å². The second-order valence-electron chi connectivity index (χ2n) is 7.14. The van der Waals surface area contributed by atoms with Crippen LogP contribution in [0.3, 0.4) is 0 Å². The smallest absolute Gasteiger partial charge is 0.409 e. The monoisotopic (exact) mass is 382 g/mol. The lowest BCUT2D eigenvalue weighted by atomic mass is 10.1. The van der Waals surface area contributed by atoms with Crippen molar-refractivity contribution in [1.82, 2.24) is 9.80 Å². The molecule has 1 fully saturated rings. The van der Waals surface area contributed by atoms with E-state index >= 15 is 0 Å². The van der Waals surface area contributed by atoms with E-state index in [0.29, 0.717) is 17.0 Å². The maximum Gasteiger partial charge on any atom is 0.409 e. The summed E-state index contributed by atoms with van der Waals surface area (Å²) in [6.45, 7) is 6.80. The molecule has 3 N–H and O–H groups in total. The lowest BCUT2D eigenvalue weighted by Gasteiger charge is -2.32. The molecule has 0 aliphatic carbocycles. The quantitative estimate of drug-likeness (QED) is 0.829. The number of rotatable bonds is 5. The molecule has 1 saturated heterocycles. The molecule has 2 amide bonds. The van der Waals surface area contributed by atoms with Crippen LogP contribution in [-0.4, -0.2) is 55.0 Å². The molecule has 0 radical (unpaired) electrons. The third-order valence-corrected chi connectivity index (χ3v) is 4.85. The molecule has 0 atom stereocenters. The van der Waals surface area contributed by atoms with Crippen LogP contribution in [0.25, 0.3) is 0 Å². The van der Waals surface area contributed by atoms with Gasteiger partial charge in [-0.15, -0.1) is 0 Å². The zero-order chi connectivity index (χ0) is 20.1. The third-order valence-electron chi connectivity index (χ3n) is 4.85. The number of carbonyl (C=O) groups is 2. The molecule has 28 heavy (non-hydrogen) atoms. The second-order valence-corrected chi connectivity index (χ2v) is 7.14. The summed E-state index contributed by atoms with van der Waals surface area (Å²) in [6, 6.07) is 12.8. The number of nitrogens with one attached hydrogen (secondary N) is 1. The summed E-state index contributed by atoms with van der Waals surface area (Å²) in [7, 11) is 2.13. The Morgan fingerprint density at radius 1 is 1.11 bits per heavy atom. The molecule has 148 valence electrons. The van der Waals surface area contributed by atoms with E-state index in [4.69, 9.17) is 10.5 Å². The first-order valence-corrected chi connectivity index (χ1v) is 9.30. The van der Waals surface area contributed by atoms with E-state index in [1.165, 1.54) is 0 Å². The van der Waals surface area contributed by atoms with Gasteiger partial charge < -0.3 is 20.7 Å². The van der Waals surface area contributed by atoms with Gasteiger partial charge in [0.2, 0.25) is 0 Å². The van der Waals surface area contributed by atoms with Gasteiger partial charge in [-0.2, -0.15) is 0 Å². The van der Waals surface area contributed by atoms with Gasteiger partial charge in [0.25, 0.3) is 5.91 Å². The number of anilines is 1. The van der Waals surface area contributed by atoms with Crippen LogP contribution in [0.4, 0.5) is 10.5 Å². The number of piperazine rings is 1. The number of likely N-dealkylation sites (N-methyl/N-ethyl adjacent to an activating group) is 1. The number of nitrogens with two attached hydrogens (primary N) is 1. The predicted octanol–water partition coefficient (Wildman–Crippen LogP) is 2.45. The first kappa shape index (κ1) is 19.9. The number of nitrogens with zero attached hydrogens (tertiary/aromatic N) is 2. The van der Waals surface area contributed by atoms with Crippen LogP contribution in [0.2, 0.25) is 0 Å². The van der Waals surface area contributed by atoms with Crippen molar-refractivity contribution in [2.75, 3.05) is 38.5 Å². The number of aryl methyl sites for hydroxylation is 1. The van der Waals surface area contributed by atoms with Gasteiger partial charge >= 0.3 is 6.09 Å². The first-order valence-electron chi connectivity index (χ1n) is 9.30. The highest BCUT2D eigenvalue weighted by atomic mass is 16.5. The Kier molecular flexibility index (Phi) is 6.28. The fourth-order valence-electron chi connectivity index (χ4n) is 3.17. The predicted molar refractivity (Wildman–Crippen MR) is 109 cm³/mol. The van der Waals surface area contributed by atoms with Gasteiger partial charge in [-0.05, 0) is 43.3 Å². The van der Waals surface area contributed by atoms with Crippen molar-refractivity contribution in [2.24, 2.45) is 5.73 Å². The molecule has 1 aliphatic rings. The van der Waals surface area contributed by atoms with Crippen LogP contribution in [0.1, 0.15) is 21.5 Å². The Balaban J connectivity index is 1.67. The summed E-state index contributed by atoms with van der Waals surface area (Å²) < 4.78 is 4.96. The van der Waals surface area contributed by atoms with E-state index in [1.54, 1.807) is 31.2 Å². The first-order chi connectivity index (χ1) is 13.4. The minimum Gasteiger partial charge on any atom is -0.410 e. The van der Waals surface area contributed by atoms with Crippen LogP contribution in [0.15, 0.2) is 42.5 Å². The highest BCUT2D eigenvalue weighted by Gasteiger charge is 2.15.